The number of aromatic nitrogens is 2. The molecule has 2 rings (SSSR count). The summed E-state index contributed by atoms with van der Waals surface area (Å²) in [6, 6.07) is 7.94. The van der Waals surface area contributed by atoms with Crippen molar-refractivity contribution < 1.29 is 4.74 Å². The topological polar surface area (TPSA) is 65.1 Å². The molecule has 0 radical (unpaired) electrons. The predicted molar refractivity (Wildman–Crippen MR) is 77.3 cm³/mol. The van der Waals surface area contributed by atoms with Gasteiger partial charge in [-0.2, -0.15) is 5.10 Å². The van der Waals surface area contributed by atoms with Crippen LogP contribution in [-0.4, -0.2) is 16.9 Å². The normalized spacial score (nSPS) is 10.5. The zero-order chi connectivity index (χ0) is 13.8. The molecule has 0 unspecified atom stereocenters. The number of anilines is 2. The maximum absolute atomic E-state index is 6.06. The molecule has 0 saturated heterocycles. The van der Waals surface area contributed by atoms with Gasteiger partial charge >= 0.3 is 0 Å². The molecule has 5 nitrogen and oxygen atoms in total. The van der Waals surface area contributed by atoms with Gasteiger partial charge in [0.15, 0.2) is 0 Å². The van der Waals surface area contributed by atoms with E-state index >= 15 is 0 Å². The minimum atomic E-state index is 0.705. The van der Waals surface area contributed by atoms with Gasteiger partial charge in [0.2, 0.25) is 0 Å². The molecule has 0 spiro atoms. The summed E-state index contributed by atoms with van der Waals surface area (Å²) in [5, 5.41) is 7.70. The molecule has 0 amide bonds. The van der Waals surface area contributed by atoms with Gasteiger partial charge in [-0.25, -0.2) is 0 Å². The number of nitrogens with one attached hydrogen (secondary N) is 1. The first kappa shape index (κ1) is 13.3. The summed E-state index contributed by atoms with van der Waals surface area (Å²) in [6.07, 6.45) is 0.837. The average molecular weight is 260 g/mol. The highest BCUT2D eigenvalue weighted by Crippen LogP contribution is 2.23. The number of hydrogen-bond donors (Lipinski definition) is 2. The van der Waals surface area contributed by atoms with Crippen LogP contribution in [0.1, 0.15) is 18.2 Å². The lowest BCUT2D eigenvalue weighted by atomic mass is 10.2. The Kier molecular flexibility index (Phi) is 3.94. The minimum Gasteiger partial charge on any atom is -0.497 e. The summed E-state index contributed by atoms with van der Waals surface area (Å²) in [6.45, 7) is 2.75. The van der Waals surface area contributed by atoms with Gasteiger partial charge in [0.25, 0.3) is 0 Å². The van der Waals surface area contributed by atoms with E-state index < -0.39 is 0 Å². The number of rotatable bonds is 5. The van der Waals surface area contributed by atoms with Crippen molar-refractivity contribution in [2.24, 2.45) is 7.05 Å². The van der Waals surface area contributed by atoms with Crippen molar-refractivity contribution in [1.29, 1.82) is 0 Å². The van der Waals surface area contributed by atoms with Crippen LogP contribution in [0, 0.1) is 0 Å². The lowest BCUT2D eigenvalue weighted by Crippen LogP contribution is -2.06. The highest BCUT2D eigenvalue weighted by molar-refractivity contribution is 5.65. The van der Waals surface area contributed by atoms with E-state index in [-0.39, 0.29) is 0 Å². The van der Waals surface area contributed by atoms with Gasteiger partial charge < -0.3 is 15.8 Å². The summed E-state index contributed by atoms with van der Waals surface area (Å²) in [5.74, 6) is 1.73. The quantitative estimate of drug-likeness (QED) is 0.865. The molecule has 0 fully saturated rings. The summed E-state index contributed by atoms with van der Waals surface area (Å²) in [5.41, 5.74) is 8.89. The molecule has 1 aromatic heterocycles. The van der Waals surface area contributed by atoms with Crippen LogP contribution in [0.25, 0.3) is 0 Å². The van der Waals surface area contributed by atoms with Gasteiger partial charge in [-0.3, -0.25) is 4.68 Å². The second-order valence-corrected chi connectivity index (χ2v) is 4.39. The van der Waals surface area contributed by atoms with Crippen LogP contribution >= 0.6 is 0 Å². The number of nitrogens with zero attached hydrogens (tertiary/aromatic N) is 2. The third-order valence-electron chi connectivity index (χ3n) is 3.11. The lowest BCUT2D eigenvalue weighted by molar-refractivity contribution is 0.414. The van der Waals surface area contributed by atoms with Crippen molar-refractivity contribution in [1.82, 2.24) is 9.78 Å². The summed E-state index contributed by atoms with van der Waals surface area (Å²) in [7, 11) is 3.56. The van der Waals surface area contributed by atoms with Gasteiger partial charge in [0.05, 0.1) is 18.5 Å². The van der Waals surface area contributed by atoms with E-state index in [1.165, 1.54) is 5.56 Å². The number of nitrogen functional groups attached to an aromatic ring is 1. The first-order chi connectivity index (χ1) is 9.15. The molecule has 5 heteroatoms. The largest absolute Gasteiger partial charge is 0.497 e. The highest BCUT2D eigenvalue weighted by Gasteiger charge is 2.11. The Balaban J connectivity index is 2.07. The Bertz CT molecular complexity index is 545. The second-order valence-electron chi connectivity index (χ2n) is 4.39. The zero-order valence-corrected chi connectivity index (χ0v) is 11.6. The molecule has 19 heavy (non-hydrogen) atoms. The monoisotopic (exact) mass is 260 g/mol. The molecule has 0 aliphatic carbocycles. The maximum Gasteiger partial charge on any atom is 0.148 e. The fraction of sp³-hybridized carbons (Fsp3) is 0.357. The number of benzene rings is 1. The van der Waals surface area contributed by atoms with E-state index in [9.17, 15) is 0 Å². The molecular formula is C14H20N4O. The van der Waals surface area contributed by atoms with E-state index in [0.717, 1.165) is 29.4 Å². The average Bonchev–Trinajstić information content (AvgIpc) is 2.72. The summed E-state index contributed by atoms with van der Waals surface area (Å²) >= 11 is 0. The number of ether oxygens (including phenoxy) is 1. The third kappa shape index (κ3) is 2.81. The van der Waals surface area contributed by atoms with Crippen LogP contribution in [0.4, 0.5) is 11.5 Å². The Morgan fingerprint density at radius 1 is 1.32 bits per heavy atom. The predicted octanol–water partition coefficient (Wildman–Crippen LogP) is 2.19. The first-order valence-corrected chi connectivity index (χ1v) is 6.33. The molecule has 0 saturated carbocycles. The summed E-state index contributed by atoms with van der Waals surface area (Å²) < 4.78 is 6.92. The first-order valence-electron chi connectivity index (χ1n) is 6.33. The zero-order valence-electron chi connectivity index (χ0n) is 11.6. The lowest BCUT2D eigenvalue weighted by Gasteiger charge is -2.08. The fourth-order valence-electron chi connectivity index (χ4n) is 2.00. The van der Waals surface area contributed by atoms with Gasteiger partial charge in [0.1, 0.15) is 11.6 Å². The fourth-order valence-corrected chi connectivity index (χ4v) is 2.00. The molecule has 0 atom stereocenters. The van der Waals surface area contributed by atoms with Crippen molar-refractivity contribution in [2.45, 2.75) is 19.9 Å². The molecule has 0 aliphatic heterocycles. The van der Waals surface area contributed by atoms with Crippen molar-refractivity contribution in [3.05, 3.63) is 35.5 Å². The van der Waals surface area contributed by atoms with Crippen LogP contribution in [0.5, 0.6) is 5.75 Å². The van der Waals surface area contributed by atoms with E-state index in [0.29, 0.717) is 6.54 Å². The van der Waals surface area contributed by atoms with Gasteiger partial charge in [-0.1, -0.05) is 19.1 Å². The molecule has 0 bridgehead atoms. The Morgan fingerprint density at radius 2 is 2.00 bits per heavy atom. The number of hydrogen-bond acceptors (Lipinski definition) is 4. The molecule has 2 aromatic rings. The molecule has 1 aromatic carbocycles. The Morgan fingerprint density at radius 3 is 2.53 bits per heavy atom. The highest BCUT2D eigenvalue weighted by atomic mass is 16.5. The molecule has 3 N–H and O–H groups in total. The van der Waals surface area contributed by atoms with Crippen LogP contribution in [0.2, 0.25) is 0 Å². The van der Waals surface area contributed by atoms with Crippen molar-refractivity contribution in [2.75, 3.05) is 18.2 Å². The van der Waals surface area contributed by atoms with Crippen molar-refractivity contribution in [3.63, 3.8) is 0 Å². The SMILES string of the molecule is CCc1nn(C)c(NCc2ccc(OC)cc2)c1N. The van der Waals surface area contributed by atoms with Crippen LogP contribution < -0.4 is 15.8 Å². The maximum atomic E-state index is 6.06. The molecular weight excluding hydrogens is 240 g/mol. The second kappa shape index (κ2) is 5.65. The summed E-state index contributed by atoms with van der Waals surface area (Å²) in [4.78, 5) is 0. The van der Waals surface area contributed by atoms with E-state index in [4.69, 9.17) is 10.5 Å². The van der Waals surface area contributed by atoms with Crippen molar-refractivity contribution >= 4 is 11.5 Å². The minimum absolute atomic E-state index is 0.705. The van der Waals surface area contributed by atoms with Crippen LogP contribution in [0.15, 0.2) is 24.3 Å². The van der Waals surface area contributed by atoms with Crippen LogP contribution in [-0.2, 0) is 20.0 Å². The standard InChI is InChI=1S/C14H20N4O/c1-4-12-13(15)14(18(2)17-12)16-9-10-5-7-11(19-3)8-6-10/h5-8,16H,4,9,15H2,1-3H3. The smallest absolute Gasteiger partial charge is 0.148 e. The Hall–Kier alpha value is -2.17. The third-order valence-corrected chi connectivity index (χ3v) is 3.11. The van der Waals surface area contributed by atoms with E-state index in [1.807, 2.05) is 38.2 Å². The number of aryl methyl sites for hydroxylation is 2. The molecule has 1 heterocycles. The number of methoxy groups -OCH3 is 1. The van der Waals surface area contributed by atoms with E-state index in [2.05, 4.69) is 10.4 Å². The van der Waals surface area contributed by atoms with E-state index in [1.54, 1.807) is 11.8 Å². The van der Waals surface area contributed by atoms with Gasteiger partial charge in [0, 0.05) is 13.6 Å². The molecule has 0 aliphatic rings. The Labute approximate surface area is 113 Å². The number of nitrogens with two attached hydrogens (primary N) is 1. The molecule has 102 valence electrons. The van der Waals surface area contributed by atoms with Crippen LogP contribution in [0.3, 0.4) is 0 Å². The van der Waals surface area contributed by atoms with Gasteiger partial charge in [-0.05, 0) is 24.1 Å². The van der Waals surface area contributed by atoms with Gasteiger partial charge in [-0.15, -0.1) is 0 Å². The van der Waals surface area contributed by atoms with Crippen molar-refractivity contribution in [3.8, 4) is 5.75 Å².